The molecule has 172 valence electrons. The van der Waals surface area contributed by atoms with Gasteiger partial charge in [0.05, 0.1) is 15.6 Å². The fraction of sp³-hybridized carbons (Fsp3) is 0.348. The Morgan fingerprint density at radius 1 is 1.22 bits per heavy atom. The molecule has 0 spiro atoms. The van der Waals surface area contributed by atoms with Gasteiger partial charge < -0.3 is 5.32 Å². The molecule has 0 bridgehead atoms. The van der Waals surface area contributed by atoms with Crippen LogP contribution in [0, 0.1) is 5.82 Å². The lowest BCUT2D eigenvalue weighted by Crippen LogP contribution is -2.29. The van der Waals surface area contributed by atoms with Crippen molar-refractivity contribution in [2.45, 2.75) is 30.7 Å². The number of carbonyl (C=O) groups excluding carboxylic acids is 1. The van der Waals surface area contributed by atoms with E-state index >= 15 is 0 Å². The van der Waals surface area contributed by atoms with Crippen LogP contribution in [0.15, 0.2) is 60.0 Å². The third-order valence-electron chi connectivity index (χ3n) is 5.31. The van der Waals surface area contributed by atoms with Gasteiger partial charge in [-0.3, -0.25) is 9.69 Å². The molecule has 0 aromatic heterocycles. The van der Waals surface area contributed by atoms with Crippen LogP contribution in [0.2, 0.25) is 5.02 Å². The summed E-state index contributed by atoms with van der Waals surface area (Å²) < 4.78 is 41.0. The van der Waals surface area contributed by atoms with E-state index in [1.54, 1.807) is 24.3 Å². The summed E-state index contributed by atoms with van der Waals surface area (Å²) in [5, 5.41) is 2.96. The predicted octanol–water partition coefficient (Wildman–Crippen LogP) is 4.28. The Hall–Kier alpha value is -2.26. The van der Waals surface area contributed by atoms with Gasteiger partial charge in [-0.25, -0.2) is 12.8 Å². The summed E-state index contributed by atoms with van der Waals surface area (Å²) in [6.45, 7) is 5.92. The molecule has 1 aliphatic heterocycles. The molecule has 3 rings (SSSR count). The predicted molar refractivity (Wildman–Crippen MR) is 125 cm³/mol. The standard InChI is InChI=1S/C23H27ClFN3O3S/c1-2-12-27(17-18-7-3-4-8-21(18)25)15-11-23(29)26-22-16-19(9-10-20(22)24)32(30,31)28-13-5-6-14-28/h2-4,7-10,16H,1,5-6,11-15,17H2,(H,26,29). The van der Waals surface area contributed by atoms with Crippen LogP contribution in [0.4, 0.5) is 10.1 Å². The first kappa shape index (κ1) is 24.4. The lowest BCUT2D eigenvalue weighted by atomic mass is 10.2. The van der Waals surface area contributed by atoms with Gasteiger partial charge in [0.15, 0.2) is 0 Å². The summed E-state index contributed by atoms with van der Waals surface area (Å²) >= 11 is 6.20. The van der Waals surface area contributed by atoms with Crippen molar-refractivity contribution in [3.8, 4) is 0 Å². The van der Waals surface area contributed by atoms with Crippen molar-refractivity contribution in [1.29, 1.82) is 0 Å². The highest BCUT2D eigenvalue weighted by Crippen LogP contribution is 2.28. The minimum atomic E-state index is -3.62. The molecule has 1 N–H and O–H groups in total. The Morgan fingerprint density at radius 2 is 1.94 bits per heavy atom. The number of nitrogens with zero attached hydrogens (tertiary/aromatic N) is 2. The topological polar surface area (TPSA) is 69.7 Å². The number of hydrogen-bond donors (Lipinski definition) is 1. The van der Waals surface area contributed by atoms with Crippen molar-refractivity contribution in [2.24, 2.45) is 0 Å². The number of halogens is 2. The van der Waals surface area contributed by atoms with Crippen LogP contribution in [-0.2, 0) is 21.4 Å². The van der Waals surface area contributed by atoms with Crippen LogP contribution in [0.5, 0.6) is 0 Å². The number of hydrogen-bond acceptors (Lipinski definition) is 4. The molecule has 0 atom stereocenters. The molecule has 2 aromatic rings. The minimum Gasteiger partial charge on any atom is -0.325 e. The van der Waals surface area contributed by atoms with Gasteiger partial charge in [-0.1, -0.05) is 35.9 Å². The van der Waals surface area contributed by atoms with Gasteiger partial charge in [0.2, 0.25) is 15.9 Å². The van der Waals surface area contributed by atoms with Crippen LogP contribution >= 0.6 is 11.6 Å². The van der Waals surface area contributed by atoms with Crippen molar-refractivity contribution >= 4 is 33.2 Å². The number of sulfonamides is 1. The van der Waals surface area contributed by atoms with Gasteiger partial charge in [-0.15, -0.1) is 6.58 Å². The third kappa shape index (κ3) is 6.16. The molecule has 6 nitrogen and oxygen atoms in total. The molecule has 0 aliphatic carbocycles. The molecule has 32 heavy (non-hydrogen) atoms. The van der Waals surface area contributed by atoms with Crippen LogP contribution in [0.3, 0.4) is 0 Å². The zero-order valence-corrected chi connectivity index (χ0v) is 19.3. The molecule has 1 heterocycles. The quantitative estimate of drug-likeness (QED) is 0.516. The van der Waals surface area contributed by atoms with Gasteiger partial charge in [0.1, 0.15) is 5.82 Å². The third-order valence-corrected chi connectivity index (χ3v) is 7.53. The van der Waals surface area contributed by atoms with Gasteiger partial charge in [0, 0.05) is 44.7 Å². The number of anilines is 1. The number of amides is 1. The fourth-order valence-electron chi connectivity index (χ4n) is 3.60. The Morgan fingerprint density at radius 3 is 2.62 bits per heavy atom. The lowest BCUT2D eigenvalue weighted by molar-refractivity contribution is -0.116. The maximum absolute atomic E-state index is 14.0. The van der Waals surface area contributed by atoms with Crippen molar-refractivity contribution in [3.05, 3.63) is 71.5 Å². The molecule has 0 radical (unpaired) electrons. The summed E-state index contributed by atoms with van der Waals surface area (Å²) in [5.74, 6) is -0.612. The van der Waals surface area contributed by atoms with E-state index in [2.05, 4.69) is 11.9 Å². The second kappa shape index (κ2) is 11.0. The summed E-state index contributed by atoms with van der Waals surface area (Å²) in [6.07, 6.45) is 3.50. The zero-order valence-electron chi connectivity index (χ0n) is 17.8. The Bertz CT molecular complexity index is 1070. The number of nitrogens with one attached hydrogen (secondary N) is 1. The zero-order chi connectivity index (χ0) is 23.1. The van der Waals surface area contributed by atoms with E-state index in [4.69, 9.17) is 11.6 Å². The summed E-state index contributed by atoms with van der Waals surface area (Å²) in [5.41, 5.74) is 0.791. The first-order valence-corrected chi connectivity index (χ1v) is 12.3. The van der Waals surface area contributed by atoms with Crippen molar-refractivity contribution in [1.82, 2.24) is 9.21 Å². The van der Waals surface area contributed by atoms with Crippen LogP contribution in [-0.4, -0.2) is 49.7 Å². The summed E-state index contributed by atoms with van der Waals surface area (Å²) in [4.78, 5) is 14.6. The van der Waals surface area contributed by atoms with E-state index < -0.39 is 10.0 Å². The SMILES string of the molecule is C=CCN(CCC(=O)Nc1cc(S(=O)(=O)N2CCCC2)ccc1Cl)Cc1ccccc1F. The van der Waals surface area contributed by atoms with Gasteiger partial charge in [-0.05, 0) is 37.1 Å². The van der Waals surface area contributed by atoms with Crippen molar-refractivity contribution < 1.29 is 17.6 Å². The van der Waals surface area contributed by atoms with Crippen LogP contribution in [0.25, 0.3) is 0 Å². The maximum Gasteiger partial charge on any atom is 0.243 e. The molecule has 9 heteroatoms. The number of carbonyl (C=O) groups is 1. The maximum atomic E-state index is 14.0. The highest BCUT2D eigenvalue weighted by Gasteiger charge is 2.27. The van der Waals surface area contributed by atoms with Gasteiger partial charge in [0.25, 0.3) is 0 Å². The molecule has 0 unspecified atom stereocenters. The largest absolute Gasteiger partial charge is 0.325 e. The molecule has 0 saturated carbocycles. The van der Waals surface area contributed by atoms with E-state index in [-0.39, 0.29) is 33.8 Å². The van der Waals surface area contributed by atoms with E-state index in [1.807, 2.05) is 4.90 Å². The Labute approximate surface area is 193 Å². The van der Waals surface area contributed by atoms with Crippen molar-refractivity contribution in [2.75, 3.05) is 31.5 Å². The lowest BCUT2D eigenvalue weighted by Gasteiger charge is -2.21. The van der Waals surface area contributed by atoms with Crippen molar-refractivity contribution in [3.63, 3.8) is 0 Å². The van der Waals surface area contributed by atoms with Crippen LogP contribution < -0.4 is 5.32 Å². The van der Waals surface area contributed by atoms with E-state index in [9.17, 15) is 17.6 Å². The van der Waals surface area contributed by atoms with E-state index in [0.29, 0.717) is 38.3 Å². The van der Waals surface area contributed by atoms with Crippen LogP contribution in [0.1, 0.15) is 24.8 Å². The second-order valence-corrected chi connectivity index (χ2v) is 10.0. The second-order valence-electron chi connectivity index (χ2n) is 7.67. The minimum absolute atomic E-state index is 0.104. The first-order chi connectivity index (χ1) is 15.3. The Kier molecular flexibility index (Phi) is 8.42. The molecule has 1 saturated heterocycles. The first-order valence-electron chi connectivity index (χ1n) is 10.5. The smallest absolute Gasteiger partial charge is 0.243 e. The molecule has 2 aromatic carbocycles. The molecule has 1 aliphatic rings. The highest BCUT2D eigenvalue weighted by molar-refractivity contribution is 7.89. The summed E-state index contributed by atoms with van der Waals surface area (Å²) in [6, 6.07) is 10.8. The Balaban J connectivity index is 1.64. The summed E-state index contributed by atoms with van der Waals surface area (Å²) in [7, 11) is -3.62. The average Bonchev–Trinajstić information content (AvgIpc) is 3.31. The number of rotatable bonds is 10. The average molecular weight is 480 g/mol. The molecular formula is C23H27ClFN3O3S. The van der Waals surface area contributed by atoms with E-state index in [1.165, 1.54) is 28.6 Å². The molecular weight excluding hydrogens is 453 g/mol. The highest BCUT2D eigenvalue weighted by atomic mass is 35.5. The molecule has 1 fully saturated rings. The normalized spacial score (nSPS) is 14.6. The van der Waals surface area contributed by atoms with E-state index in [0.717, 1.165) is 12.8 Å². The van der Waals surface area contributed by atoms with Gasteiger partial charge in [-0.2, -0.15) is 4.31 Å². The van der Waals surface area contributed by atoms with Gasteiger partial charge >= 0.3 is 0 Å². The molecule has 1 amide bonds. The monoisotopic (exact) mass is 479 g/mol. The fourth-order valence-corrected chi connectivity index (χ4v) is 5.30. The number of benzene rings is 2.